The molecule has 1 unspecified atom stereocenters. The highest BCUT2D eigenvalue weighted by molar-refractivity contribution is 5.76. The van der Waals surface area contributed by atoms with Gasteiger partial charge in [-0.05, 0) is 44.8 Å². The first-order valence-corrected chi connectivity index (χ1v) is 7.34. The molecule has 1 atom stereocenters. The minimum atomic E-state index is -0.106. The van der Waals surface area contributed by atoms with Crippen LogP contribution in [0.15, 0.2) is 24.3 Å². The molecule has 20 heavy (non-hydrogen) atoms. The van der Waals surface area contributed by atoms with Crippen LogP contribution in [0.3, 0.4) is 0 Å². The molecule has 1 aromatic carbocycles. The minimum absolute atomic E-state index is 0.106. The van der Waals surface area contributed by atoms with Crippen LogP contribution in [-0.4, -0.2) is 36.1 Å². The maximum atomic E-state index is 12.4. The molecule has 1 aliphatic rings. The molecule has 0 radical (unpaired) electrons. The van der Waals surface area contributed by atoms with Gasteiger partial charge < -0.3 is 15.3 Å². The predicted molar refractivity (Wildman–Crippen MR) is 79.5 cm³/mol. The fourth-order valence-electron chi connectivity index (χ4n) is 2.74. The van der Waals surface area contributed by atoms with Crippen LogP contribution < -0.4 is 5.32 Å². The Kier molecular flexibility index (Phi) is 5.01. The smallest absolute Gasteiger partial charge is 0.223 e. The molecule has 1 aliphatic heterocycles. The summed E-state index contributed by atoms with van der Waals surface area (Å²) in [6, 6.07) is 7.11. The summed E-state index contributed by atoms with van der Waals surface area (Å²) in [5.41, 5.74) is 0.800. The molecule has 2 N–H and O–H groups in total. The highest BCUT2D eigenvalue weighted by Crippen LogP contribution is 2.28. The summed E-state index contributed by atoms with van der Waals surface area (Å²) in [4.78, 5) is 14.1. The van der Waals surface area contributed by atoms with Crippen molar-refractivity contribution < 1.29 is 9.90 Å². The number of phenolic OH excluding ortho intramolecular Hbond substituents is 1. The maximum Gasteiger partial charge on any atom is 0.223 e. The van der Waals surface area contributed by atoms with Crippen molar-refractivity contribution in [1.82, 2.24) is 10.2 Å². The lowest BCUT2D eigenvalue weighted by Crippen LogP contribution is -2.34. The van der Waals surface area contributed by atoms with Crippen LogP contribution in [-0.2, 0) is 4.79 Å². The standard InChI is InChI=1S/C16H24N2O2/c1-12(14-5-3-4-6-15(14)19)18(2)16(20)11-13-7-9-17-10-8-13/h3-6,12-13,17,19H,7-11H2,1-2H3. The summed E-state index contributed by atoms with van der Waals surface area (Å²) >= 11 is 0. The van der Waals surface area contributed by atoms with Crippen molar-refractivity contribution in [3.63, 3.8) is 0 Å². The Morgan fingerprint density at radius 3 is 2.70 bits per heavy atom. The minimum Gasteiger partial charge on any atom is -0.508 e. The van der Waals surface area contributed by atoms with Crippen LogP contribution in [0.1, 0.15) is 37.8 Å². The van der Waals surface area contributed by atoms with Crippen molar-refractivity contribution in [1.29, 1.82) is 0 Å². The fourth-order valence-corrected chi connectivity index (χ4v) is 2.74. The Hall–Kier alpha value is -1.55. The van der Waals surface area contributed by atoms with Crippen LogP contribution in [0.5, 0.6) is 5.75 Å². The number of rotatable bonds is 4. The van der Waals surface area contributed by atoms with E-state index < -0.39 is 0 Å². The van der Waals surface area contributed by atoms with E-state index in [1.54, 1.807) is 17.0 Å². The monoisotopic (exact) mass is 276 g/mol. The van der Waals surface area contributed by atoms with Crippen molar-refractivity contribution in [2.24, 2.45) is 5.92 Å². The zero-order chi connectivity index (χ0) is 14.5. The molecule has 0 spiro atoms. The maximum absolute atomic E-state index is 12.4. The highest BCUT2D eigenvalue weighted by Gasteiger charge is 2.23. The summed E-state index contributed by atoms with van der Waals surface area (Å²) in [6.07, 6.45) is 2.76. The second-order valence-corrected chi connectivity index (χ2v) is 5.64. The Labute approximate surface area is 120 Å². The molecule has 0 saturated carbocycles. The van der Waals surface area contributed by atoms with Gasteiger partial charge in [0.2, 0.25) is 5.91 Å². The first-order valence-electron chi connectivity index (χ1n) is 7.34. The number of phenols is 1. The molecule has 0 aliphatic carbocycles. The Morgan fingerprint density at radius 1 is 1.40 bits per heavy atom. The van der Waals surface area contributed by atoms with Gasteiger partial charge in [-0.1, -0.05) is 18.2 Å². The number of amides is 1. The van der Waals surface area contributed by atoms with E-state index >= 15 is 0 Å². The molecule has 4 nitrogen and oxygen atoms in total. The van der Waals surface area contributed by atoms with Gasteiger partial charge in [0.05, 0.1) is 6.04 Å². The molecule has 110 valence electrons. The number of nitrogens with one attached hydrogen (secondary N) is 1. The third-order valence-electron chi connectivity index (χ3n) is 4.28. The Balaban J connectivity index is 1.97. The predicted octanol–water partition coefficient (Wildman–Crippen LogP) is 2.30. The van der Waals surface area contributed by atoms with Gasteiger partial charge in [-0.25, -0.2) is 0 Å². The third-order valence-corrected chi connectivity index (χ3v) is 4.28. The van der Waals surface area contributed by atoms with Crippen molar-refractivity contribution in [3.8, 4) is 5.75 Å². The van der Waals surface area contributed by atoms with Crippen molar-refractivity contribution >= 4 is 5.91 Å². The van der Waals surface area contributed by atoms with Crippen LogP contribution in [0.25, 0.3) is 0 Å². The van der Waals surface area contributed by atoms with Crippen molar-refractivity contribution in [3.05, 3.63) is 29.8 Å². The number of carbonyl (C=O) groups is 1. The molecule has 0 aromatic heterocycles. The number of benzene rings is 1. The summed E-state index contributed by atoms with van der Waals surface area (Å²) in [6.45, 7) is 3.97. The van der Waals surface area contributed by atoms with E-state index in [1.807, 2.05) is 26.1 Å². The number of piperidine rings is 1. The zero-order valence-electron chi connectivity index (χ0n) is 12.3. The highest BCUT2D eigenvalue weighted by atomic mass is 16.3. The van der Waals surface area contributed by atoms with E-state index in [-0.39, 0.29) is 17.7 Å². The molecule has 4 heteroatoms. The van der Waals surface area contributed by atoms with E-state index in [4.69, 9.17) is 0 Å². The quantitative estimate of drug-likeness (QED) is 0.887. The van der Waals surface area contributed by atoms with E-state index in [0.717, 1.165) is 31.5 Å². The fraction of sp³-hybridized carbons (Fsp3) is 0.562. The van der Waals surface area contributed by atoms with E-state index in [9.17, 15) is 9.90 Å². The van der Waals surface area contributed by atoms with Crippen molar-refractivity contribution in [2.75, 3.05) is 20.1 Å². The van der Waals surface area contributed by atoms with Gasteiger partial charge in [-0.3, -0.25) is 4.79 Å². The molecular formula is C16H24N2O2. The summed E-state index contributed by atoms with van der Waals surface area (Å²) in [5, 5.41) is 13.2. The molecule has 0 bridgehead atoms. The lowest BCUT2D eigenvalue weighted by molar-refractivity contribution is -0.133. The van der Waals surface area contributed by atoms with Gasteiger partial charge in [-0.2, -0.15) is 0 Å². The second kappa shape index (κ2) is 6.75. The van der Waals surface area contributed by atoms with Gasteiger partial charge in [0.1, 0.15) is 5.75 Å². The number of nitrogens with zero attached hydrogens (tertiary/aromatic N) is 1. The normalized spacial score (nSPS) is 17.7. The largest absolute Gasteiger partial charge is 0.508 e. The average Bonchev–Trinajstić information content (AvgIpc) is 2.47. The number of carbonyl (C=O) groups excluding carboxylic acids is 1. The van der Waals surface area contributed by atoms with E-state index in [2.05, 4.69) is 5.32 Å². The second-order valence-electron chi connectivity index (χ2n) is 5.64. The van der Waals surface area contributed by atoms with Gasteiger partial charge in [0.15, 0.2) is 0 Å². The van der Waals surface area contributed by atoms with Gasteiger partial charge in [0.25, 0.3) is 0 Å². The lowest BCUT2D eigenvalue weighted by Gasteiger charge is -2.29. The molecule has 1 fully saturated rings. The van der Waals surface area contributed by atoms with Gasteiger partial charge in [-0.15, -0.1) is 0 Å². The van der Waals surface area contributed by atoms with E-state index in [1.165, 1.54) is 0 Å². The summed E-state index contributed by atoms with van der Waals surface area (Å²) in [5.74, 6) is 0.900. The molecule has 2 rings (SSSR count). The first-order chi connectivity index (χ1) is 9.59. The number of para-hydroxylation sites is 1. The number of aromatic hydroxyl groups is 1. The molecule has 1 aromatic rings. The number of hydrogen-bond donors (Lipinski definition) is 2. The van der Waals surface area contributed by atoms with Gasteiger partial charge >= 0.3 is 0 Å². The molecule has 1 heterocycles. The van der Waals surface area contributed by atoms with Crippen LogP contribution in [0.2, 0.25) is 0 Å². The lowest BCUT2D eigenvalue weighted by atomic mass is 9.93. The summed E-state index contributed by atoms with van der Waals surface area (Å²) in [7, 11) is 1.82. The zero-order valence-corrected chi connectivity index (χ0v) is 12.3. The van der Waals surface area contributed by atoms with E-state index in [0.29, 0.717) is 12.3 Å². The number of hydrogen-bond acceptors (Lipinski definition) is 3. The van der Waals surface area contributed by atoms with Crippen molar-refractivity contribution in [2.45, 2.75) is 32.2 Å². The Bertz CT molecular complexity index is 456. The molecule has 1 saturated heterocycles. The average molecular weight is 276 g/mol. The third kappa shape index (κ3) is 3.51. The topological polar surface area (TPSA) is 52.6 Å². The molecular weight excluding hydrogens is 252 g/mol. The first kappa shape index (κ1) is 14.9. The van der Waals surface area contributed by atoms with Crippen LogP contribution in [0, 0.1) is 5.92 Å². The van der Waals surface area contributed by atoms with Crippen LogP contribution in [0.4, 0.5) is 0 Å². The van der Waals surface area contributed by atoms with Gasteiger partial charge in [0, 0.05) is 19.0 Å². The van der Waals surface area contributed by atoms with Crippen LogP contribution >= 0.6 is 0 Å². The molecule has 1 amide bonds. The SMILES string of the molecule is CC(c1ccccc1O)N(C)C(=O)CC1CCNCC1. The summed E-state index contributed by atoms with van der Waals surface area (Å²) < 4.78 is 0. The Morgan fingerprint density at radius 2 is 2.05 bits per heavy atom.